The van der Waals surface area contributed by atoms with E-state index in [2.05, 4.69) is 22.7 Å². The Morgan fingerprint density at radius 2 is 2.00 bits per heavy atom. The van der Waals surface area contributed by atoms with Crippen molar-refractivity contribution in [2.75, 3.05) is 11.9 Å². The maximum Gasteiger partial charge on any atom is 0.319 e. The Morgan fingerprint density at radius 1 is 1.18 bits per heavy atom. The van der Waals surface area contributed by atoms with E-state index in [1.54, 1.807) is 6.20 Å². The molecule has 1 aromatic carbocycles. The molecular weight excluding hydrogens is 276 g/mol. The first-order chi connectivity index (χ1) is 10.8. The fourth-order valence-corrected chi connectivity index (χ4v) is 2.20. The number of unbranched alkanes of at least 4 members (excludes halogenated alkanes) is 3. The summed E-state index contributed by atoms with van der Waals surface area (Å²) in [6, 6.07) is 9.58. The van der Waals surface area contributed by atoms with Gasteiger partial charge < -0.3 is 10.6 Å². The van der Waals surface area contributed by atoms with Gasteiger partial charge in [0.15, 0.2) is 0 Å². The van der Waals surface area contributed by atoms with Gasteiger partial charge in [-0.05, 0) is 30.2 Å². The molecule has 2 amide bonds. The molecule has 0 atom stereocenters. The molecule has 2 N–H and O–H groups in total. The quantitative estimate of drug-likeness (QED) is 0.731. The van der Waals surface area contributed by atoms with Gasteiger partial charge >= 0.3 is 6.03 Å². The standard InChI is InChI=1S/C17H24N4O/c1-2-3-4-5-11-18-17(22)20-16-9-7-15(8-10-16)14-21-13-6-12-19-21/h6-10,12-13H,2-5,11,14H2,1H3,(H2,18,20,22). The minimum absolute atomic E-state index is 0.142. The van der Waals surface area contributed by atoms with E-state index in [-0.39, 0.29) is 6.03 Å². The zero-order valence-electron chi connectivity index (χ0n) is 13.1. The van der Waals surface area contributed by atoms with Crippen molar-refractivity contribution in [2.45, 2.75) is 39.2 Å². The average molecular weight is 300 g/mol. The molecule has 1 aromatic heterocycles. The second-order valence-corrected chi connectivity index (χ2v) is 5.34. The summed E-state index contributed by atoms with van der Waals surface area (Å²) >= 11 is 0. The van der Waals surface area contributed by atoms with E-state index in [9.17, 15) is 4.79 Å². The van der Waals surface area contributed by atoms with Crippen LogP contribution in [-0.2, 0) is 6.54 Å². The molecule has 0 aliphatic carbocycles. The van der Waals surface area contributed by atoms with Crippen molar-refractivity contribution < 1.29 is 4.79 Å². The van der Waals surface area contributed by atoms with E-state index < -0.39 is 0 Å². The van der Waals surface area contributed by atoms with Crippen LogP contribution in [-0.4, -0.2) is 22.4 Å². The van der Waals surface area contributed by atoms with Crippen LogP contribution in [0.5, 0.6) is 0 Å². The van der Waals surface area contributed by atoms with Crippen molar-refractivity contribution in [3.8, 4) is 0 Å². The second kappa shape index (κ2) is 8.87. The van der Waals surface area contributed by atoms with Crippen LogP contribution >= 0.6 is 0 Å². The van der Waals surface area contributed by atoms with Gasteiger partial charge in [0, 0.05) is 24.6 Å². The predicted octanol–water partition coefficient (Wildman–Crippen LogP) is 3.63. The second-order valence-electron chi connectivity index (χ2n) is 5.34. The van der Waals surface area contributed by atoms with E-state index in [0.29, 0.717) is 0 Å². The number of rotatable bonds is 8. The third-order valence-electron chi connectivity index (χ3n) is 3.43. The number of carbonyl (C=O) groups excluding carboxylic acids is 1. The number of benzene rings is 1. The van der Waals surface area contributed by atoms with Crippen molar-refractivity contribution in [3.05, 3.63) is 48.3 Å². The Balaban J connectivity index is 1.72. The van der Waals surface area contributed by atoms with Gasteiger partial charge in [-0.2, -0.15) is 5.10 Å². The number of urea groups is 1. The topological polar surface area (TPSA) is 59.0 Å². The maximum absolute atomic E-state index is 11.8. The molecule has 2 aromatic rings. The van der Waals surface area contributed by atoms with Crippen LogP contribution in [0.15, 0.2) is 42.7 Å². The molecule has 2 rings (SSSR count). The number of hydrogen-bond donors (Lipinski definition) is 2. The SMILES string of the molecule is CCCCCCNC(=O)Nc1ccc(Cn2cccn2)cc1. The van der Waals surface area contributed by atoms with Crippen molar-refractivity contribution in [1.29, 1.82) is 0 Å². The molecule has 0 radical (unpaired) electrons. The number of aromatic nitrogens is 2. The van der Waals surface area contributed by atoms with Crippen molar-refractivity contribution in [3.63, 3.8) is 0 Å². The minimum atomic E-state index is -0.142. The van der Waals surface area contributed by atoms with Gasteiger partial charge in [-0.1, -0.05) is 38.3 Å². The van der Waals surface area contributed by atoms with Gasteiger partial charge in [0.1, 0.15) is 0 Å². The van der Waals surface area contributed by atoms with Gasteiger partial charge in [0.2, 0.25) is 0 Å². The Morgan fingerprint density at radius 3 is 2.68 bits per heavy atom. The molecule has 0 spiro atoms. The van der Waals surface area contributed by atoms with Crippen molar-refractivity contribution in [1.82, 2.24) is 15.1 Å². The van der Waals surface area contributed by atoms with Crippen molar-refractivity contribution in [2.24, 2.45) is 0 Å². The zero-order chi connectivity index (χ0) is 15.6. The molecule has 0 fully saturated rings. The molecule has 1 heterocycles. The summed E-state index contributed by atoms with van der Waals surface area (Å²) in [5.74, 6) is 0. The summed E-state index contributed by atoms with van der Waals surface area (Å²) in [5.41, 5.74) is 1.95. The third-order valence-corrected chi connectivity index (χ3v) is 3.43. The van der Waals surface area contributed by atoms with E-state index in [1.165, 1.54) is 19.3 Å². The van der Waals surface area contributed by atoms with Crippen LogP contribution in [0, 0.1) is 0 Å². The number of hydrogen-bond acceptors (Lipinski definition) is 2. The van der Waals surface area contributed by atoms with E-state index >= 15 is 0 Å². The third kappa shape index (κ3) is 5.60. The Labute approximate surface area is 131 Å². The fourth-order valence-electron chi connectivity index (χ4n) is 2.20. The molecule has 0 saturated heterocycles. The normalized spacial score (nSPS) is 10.4. The van der Waals surface area contributed by atoms with Gasteiger partial charge in [-0.15, -0.1) is 0 Å². The van der Waals surface area contributed by atoms with E-state index in [4.69, 9.17) is 0 Å². The highest BCUT2D eigenvalue weighted by Crippen LogP contribution is 2.10. The highest BCUT2D eigenvalue weighted by Gasteiger charge is 2.01. The van der Waals surface area contributed by atoms with Gasteiger partial charge in [-0.3, -0.25) is 4.68 Å². The number of amides is 2. The fraction of sp³-hybridized carbons (Fsp3) is 0.412. The summed E-state index contributed by atoms with van der Waals surface area (Å²) < 4.78 is 1.87. The maximum atomic E-state index is 11.8. The van der Waals surface area contributed by atoms with Crippen LogP contribution in [0.4, 0.5) is 10.5 Å². The van der Waals surface area contributed by atoms with Crippen LogP contribution in [0.25, 0.3) is 0 Å². The lowest BCUT2D eigenvalue weighted by Crippen LogP contribution is -2.29. The summed E-state index contributed by atoms with van der Waals surface area (Å²) in [5, 5.41) is 9.90. The number of carbonyl (C=O) groups is 1. The van der Waals surface area contributed by atoms with Crippen LogP contribution in [0.1, 0.15) is 38.2 Å². The molecule has 0 aliphatic rings. The molecule has 0 aliphatic heterocycles. The molecule has 0 unspecified atom stereocenters. The highest BCUT2D eigenvalue weighted by atomic mass is 16.2. The zero-order valence-corrected chi connectivity index (χ0v) is 13.1. The number of anilines is 1. The predicted molar refractivity (Wildman–Crippen MR) is 88.9 cm³/mol. The lowest BCUT2D eigenvalue weighted by molar-refractivity contribution is 0.252. The largest absolute Gasteiger partial charge is 0.338 e. The molecule has 5 heteroatoms. The Bertz CT molecular complexity index is 549. The molecule has 22 heavy (non-hydrogen) atoms. The average Bonchev–Trinajstić information content (AvgIpc) is 3.02. The smallest absolute Gasteiger partial charge is 0.319 e. The lowest BCUT2D eigenvalue weighted by atomic mass is 10.2. The Kier molecular flexibility index (Phi) is 6.48. The van der Waals surface area contributed by atoms with Gasteiger partial charge in [-0.25, -0.2) is 4.79 Å². The monoisotopic (exact) mass is 300 g/mol. The Hall–Kier alpha value is -2.30. The highest BCUT2D eigenvalue weighted by molar-refractivity contribution is 5.89. The number of nitrogens with one attached hydrogen (secondary N) is 2. The summed E-state index contributed by atoms with van der Waals surface area (Å²) in [6.45, 7) is 3.64. The van der Waals surface area contributed by atoms with Crippen molar-refractivity contribution >= 4 is 11.7 Å². The number of nitrogens with zero attached hydrogens (tertiary/aromatic N) is 2. The van der Waals surface area contributed by atoms with Crippen LogP contribution in [0.2, 0.25) is 0 Å². The summed E-state index contributed by atoms with van der Waals surface area (Å²) in [4.78, 5) is 11.8. The lowest BCUT2D eigenvalue weighted by Gasteiger charge is -2.08. The molecular formula is C17H24N4O. The van der Waals surface area contributed by atoms with E-state index in [1.807, 2.05) is 41.2 Å². The van der Waals surface area contributed by atoms with Crippen LogP contribution < -0.4 is 10.6 Å². The molecule has 0 saturated carbocycles. The molecule has 118 valence electrons. The molecule has 0 bridgehead atoms. The van der Waals surface area contributed by atoms with Gasteiger partial charge in [0.25, 0.3) is 0 Å². The summed E-state index contributed by atoms with van der Waals surface area (Å²) in [6.07, 6.45) is 8.32. The minimum Gasteiger partial charge on any atom is -0.338 e. The van der Waals surface area contributed by atoms with Crippen LogP contribution in [0.3, 0.4) is 0 Å². The first kappa shape index (κ1) is 16.1. The summed E-state index contributed by atoms with van der Waals surface area (Å²) in [7, 11) is 0. The first-order valence-electron chi connectivity index (χ1n) is 7.89. The van der Waals surface area contributed by atoms with Gasteiger partial charge in [0.05, 0.1) is 6.54 Å². The van der Waals surface area contributed by atoms with E-state index in [0.717, 1.165) is 30.8 Å². The molecule has 5 nitrogen and oxygen atoms in total. The first-order valence-corrected chi connectivity index (χ1v) is 7.89.